The highest BCUT2D eigenvalue weighted by Gasteiger charge is 1.98. The topological polar surface area (TPSA) is 33.1 Å². The van der Waals surface area contributed by atoms with Crippen molar-refractivity contribution in [2.75, 3.05) is 0 Å². The molecule has 0 bridgehead atoms. The average molecular weight is 231 g/mol. The van der Waals surface area contributed by atoms with Crippen LogP contribution in [0.15, 0.2) is 41.8 Å². The molecule has 0 unspecified atom stereocenters. The van der Waals surface area contributed by atoms with Crippen LogP contribution in [0.1, 0.15) is 17.4 Å². The predicted octanol–water partition coefficient (Wildman–Crippen LogP) is 3.71. The van der Waals surface area contributed by atoms with Crippen molar-refractivity contribution in [2.45, 2.75) is 13.5 Å². The average Bonchev–Trinajstić information content (AvgIpc) is 2.80. The van der Waals surface area contributed by atoms with Crippen molar-refractivity contribution in [3.05, 3.63) is 52.2 Å². The van der Waals surface area contributed by atoms with Gasteiger partial charge in [0.2, 0.25) is 0 Å². The van der Waals surface area contributed by atoms with Gasteiger partial charge in [-0.1, -0.05) is 6.07 Å². The SMILES string of the molecule is CC(=N)c1ccc(OCc2cccs2)cc1. The molecule has 16 heavy (non-hydrogen) atoms. The first kappa shape index (κ1) is 10.9. The number of rotatable bonds is 4. The second kappa shape index (κ2) is 4.94. The summed E-state index contributed by atoms with van der Waals surface area (Å²) in [5, 5.41) is 9.52. The molecule has 0 aliphatic carbocycles. The number of ether oxygens (including phenoxy) is 1. The second-order valence-corrected chi connectivity index (χ2v) is 4.55. The smallest absolute Gasteiger partial charge is 0.122 e. The standard InChI is InChI=1S/C13H13NOS/c1-10(14)11-4-6-12(7-5-11)15-9-13-3-2-8-16-13/h2-8,14H,9H2,1H3. The normalized spacial score (nSPS) is 10.1. The summed E-state index contributed by atoms with van der Waals surface area (Å²) in [6.45, 7) is 2.39. The number of thiophene rings is 1. The van der Waals surface area contributed by atoms with E-state index in [0.717, 1.165) is 11.3 Å². The van der Waals surface area contributed by atoms with Crippen molar-refractivity contribution in [1.29, 1.82) is 5.41 Å². The van der Waals surface area contributed by atoms with Gasteiger partial charge in [-0.3, -0.25) is 0 Å². The number of benzene rings is 1. The van der Waals surface area contributed by atoms with Crippen molar-refractivity contribution < 1.29 is 4.74 Å². The van der Waals surface area contributed by atoms with Gasteiger partial charge in [-0.2, -0.15) is 0 Å². The molecule has 2 aromatic rings. The molecule has 3 heteroatoms. The minimum Gasteiger partial charge on any atom is -0.488 e. The van der Waals surface area contributed by atoms with Crippen LogP contribution in [-0.2, 0) is 6.61 Å². The van der Waals surface area contributed by atoms with Crippen molar-refractivity contribution in [1.82, 2.24) is 0 Å². The summed E-state index contributed by atoms with van der Waals surface area (Å²) in [7, 11) is 0. The molecule has 82 valence electrons. The number of nitrogens with one attached hydrogen (secondary N) is 1. The van der Waals surface area contributed by atoms with Gasteiger partial charge in [-0.25, -0.2) is 0 Å². The van der Waals surface area contributed by atoms with Crippen LogP contribution in [0.3, 0.4) is 0 Å². The summed E-state index contributed by atoms with van der Waals surface area (Å²) >= 11 is 1.69. The fourth-order valence-electron chi connectivity index (χ4n) is 1.35. The Hall–Kier alpha value is -1.61. The molecule has 1 aromatic heterocycles. The van der Waals surface area contributed by atoms with Gasteiger partial charge < -0.3 is 10.1 Å². The first-order valence-electron chi connectivity index (χ1n) is 5.06. The predicted molar refractivity (Wildman–Crippen MR) is 67.6 cm³/mol. The van der Waals surface area contributed by atoms with Crippen molar-refractivity contribution in [3.8, 4) is 5.75 Å². The lowest BCUT2D eigenvalue weighted by Crippen LogP contribution is -1.95. The maximum absolute atomic E-state index is 7.48. The lowest BCUT2D eigenvalue weighted by molar-refractivity contribution is 0.310. The maximum Gasteiger partial charge on any atom is 0.122 e. The quantitative estimate of drug-likeness (QED) is 0.799. The molecule has 1 aromatic carbocycles. The van der Waals surface area contributed by atoms with Crippen LogP contribution in [0.5, 0.6) is 5.75 Å². The highest BCUT2D eigenvalue weighted by Crippen LogP contribution is 2.16. The Balaban J connectivity index is 1.98. The van der Waals surface area contributed by atoms with Crippen molar-refractivity contribution in [2.24, 2.45) is 0 Å². The zero-order valence-corrected chi connectivity index (χ0v) is 9.88. The summed E-state index contributed by atoms with van der Waals surface area (Å²) in [5.41, 5.74) is 1.51. The van der Waals surface area contributed by atoms with Crippen LogP contribution in [0.25, 0.3) is 0 Å². The van der Waals surface area contributed by atoms with Crippen LogP contribution < -0.4 is 4.74 Å². The molecule has 0 radical (unpaired) electrons. The van der Waals surface area contributed by atoms with E-state index in [4.69, 9.17) is 10.1 Å². The van der Waals surface area contributed by atoms with Gasteiger partial charge in [-0.05, 0) is 48.2 Å². The third-order valence-electron chi connectivity index (χ3n) is 2.25. The molecule has 0 amide bonds. The van der Waals surface area contributed by atoms with E-state index in [-0.39, 0.29) is 0 Å². The van der Waals surface area contributed by atoms with E-state index in [1.165, 1.54) is 4.88 Å². The second-order valence-electron chi connectivity index (χ2n) is 3.52. The minimum atomic E-state index is 0.574. The van der Waals surface area contributed by atoms with E-state index in [2.05, 4.69) is 6.07 Å². The fourth-order valence-corrected chi connectivity index (χ4v) is 1.97. The molecule has 1 heterocycles. The molecular formula is C13H13NOS. The highest BCUT2D eigenvalue weighted by molar-refractivity contribution is 7.09. The van der Waals surface area contributed by atoms with Gasteiger partial charge >= 0.3 is 0 Å². The molecule has 0 saturated heterocycles. The van der Waals surface area contributed by atoms with Crippen LogP contribution in [0, 0.1) is 5.41 Å². The van der Waals surface area contributed by atoms with Gasteiger partial charge in [0.15, 0.2) is 0 Å². The minimum absolute atomic E-state index is 0.574. The first-order chi connectivity index (χ1) is 7.75. The summed E-state index contributed by atoms with van der Waals surface area (Å²) in [4.78, 5) is 1.22. The Morgan fingerprint density at radius 3 is 2.56 bits per heavy atom. The Morgan fingerprint density at radius 2 is 2.00 bits per heavy atom. The van der Waals surface area contributed by atoms with Crippen LogP contribution in [0.2, 0.25) is 0 Å². The largest absolute Gasteiger partial charge is 0.488 e. The van der Waals surface area contributed by atoms with Crippen LogP contribution >= 0.6 is 11.3 Å². The lowest BCUT2D eigenvalue weighted by Gasteiger charge is -2.05. The van der Waals surface area contributed by atoms with Crippen molar-refractivity contribution in [3.63, 3.8) is 0 Å². The van der Waals surface area contributed by atoms with Crippen molar-refractivity contribution >= 4 is 17.0 Å². The molecule has 0 saturated carbocycles. The lowest BCUT2D eigenvalue weighted by atomic mass is 10.1. The van der Waals surface area contributed by atoms with Gasteiger partial charge in [0.25, 0.3) is 0 Å². The molecule has 2 nitrogen and oxygen atoms in total. The number of hydrogen-bond acceptors (Lipinski definition) is 3. The Morgan fingerprint density at radius 1 is 1.25 bits per heavy atom. The first-order valence-corrected chi connectivity index (χ1v) is 5.94. The maximum atomic E-state index is 7.48. The monoisotopic (exact) mass is 231 g/mol. The molecule has 2 rings (SSSR count). The summed E-state index contributed by atoms with van der Waals surface area (Å²) in [6.07, 6.45) is 0. The molecule has 0 atom stereocenters. The van der Waals surface area contributed by atoms with Crippen LogP contribution in [0.4, 0.5) is 0 Å². The van der Waals surface area contributed by atoms with E-state index < -0.39 is 0 Å². The summed E-state index contributed by atoms with van der Waals surface area (Å²) in [5.74, 6) is 0.846. The Labute approximate surface area is 99.0 Å². The summed E-state index contributed by atoms with van der Waals surface area (Å²) < 4.78 is 5.63. The zero-order valence-electron chi connectivity index (χ0n) is 9.07. The Bertz CT molecular complexity index is 459. The van der Waals surface area contributed by atoms with Gasteiger partial charge in [0.05, 0.1) is 0 Å². The molecular weight excluding hydrogens is 218 g/mol. The molecule has 1 N–H and O–H groups in total. The van der Waals surface area contributed by atoms with Crippen LogP contribution in [-0.4, -0.2) is 5.71 Å². The zero-order chi connectivity index (χ0) is 11.4. The fraction of sp³-hybridized carbons (Fsp3) is 0.154. The van der Waals surface area contributed by atoms with Gasteiger partial charge in [-0.15, -0.1) is 11.3 Å². The van der Waals surface area contributed by atoms with Gasteiger partial charge in [0, 0.05) is 10.6 Å². The highest BCUT2D eigenvalue weighted by atomic mass is 32.1. The molecule has 0 fully saturated rings. The number of hydrogen-bond donors (Lipinski definition) is 1. The van der Waals surface area contributed by atoms with E-state index in [1.807, 2.05) is 35.7 Å². The molecule has 0 spiro atoms. The molecule has 0 aliphatic heterocycles. The van der Waals surface area contributed by atoms with E-state index in [9.17, 15) is 0 Å². The van der Waals surface area contributed by atoms with E-state index in [1.54, 1.807) is 18.3 Å². The van der Waals surface area contributed by atoms with E-state index in [0.29, 0.717) is 12.3 Å². The third kappa shape index (κ3) is 2.70. The summed E-state index contributed by atoms with van der Waals surface area (Å²) in [6, 6.07) is 11.7. The third-order valence-corrected chi connectivity index (χ3v) is 3.10. The van der Waals surface area contributed by atoms with E-state index >= 15 is 0 Å². The van der Waals surface area contributed by atoms with Gasteiger partial charge in [0.1, 0.15) is 12.4 Å². The molecule has 0 aliphatic rings. The Kier molecular flexibility index (Phi) is 3.37.